The highest BCUT2D eigenvalue weighted by Crippen LogP contribution is 2.19. The number of hydrogen-bond acceptors (Lipinski definition) is 3. The molecule has 0 amide bonds. The summed E-state index contributed by atoms with van der Waals surface area (Å²) in [6.45, 7) is 5.23. The fourth-order valence-electron chi connectivity index (χ4n) is 1.74. The molecule has 16 heavy (non-hydrogen) atoms. The lowest BCUT2D eigenvalue weighted by molar-refractivity contribution is 0.403. The first-order valence-electron chi connectivity index (χ1n) is 5.59. The SMILES string of the molecule is CCC(NCc1cscc1C)c1ccco1. The van der Waals surface area contributed by atoms with Crippen LogP contribution in [0.5, 0.6) is 0 Å². The Labute approximate surface area is 100 Å². The fraction of sp³-hybridized carbons (Fsp3) is 0.385. The second kappa shape index (κ2) is 5.32. The molecule has 3 heteroatoms. The minimum atomic E-state index is 0.314. The molecule has 1 atom stereocenters. The van der Waals surface area contributed by atoms with Gasteiger partial charge in [-0.15, -0.1) is 0 Å². The largest absolute Gasteiger partial charge is 0.468 e. The molecule has 2 rings (SSSR count). The second-order valence-corrected chi connectivity index (χ2v) is 4.68. The van der Waals surface area contributed by atoms with Crippen LogP contribution in [-0.4, -0.2) is 0 Å². The van der Waals surface area contributed by atoms with Gasteiger partial charge in [-0.05, 0) is 47.4 Å². The summed E-state index contributed by atoms with van der Waals surface area (Å²) in [7, 11) is 0. The van der Waals surface area contributed by atoms with E-state index in [-0.39, 0.29) is 0 Å². The van der Waals surface area contributed by atoms with Crippen molar-refractivity contribution in [2.75, 3.05) is 0 Å². The highest BCUT2D eigenvalue weighted by molar-refractivity contribution is 7.08. The normalized spacial score (nSPS) is 12.9. The molecule has 1 unspecified atom stereocenters. The maximum absolute atomic E-state index is 5.43. The molecule has 1 N–H and O–H groups in total. The van der Waals surface area contributed by atoms with E-state index in [1.807, 2.05) is 12.1 Å². The molecule has 0 bridgehead atoms. The zero-order valence-electron chi connectivity index (χ0n) is 9.69. The van der Waals surface area contributed by atoms with Crippen molar-refractivity contribution in [2.24, 2.45) is 0 Å². The van der Waals surface area contributed by atoms with Gasteiger partial charge >= 0.3 is 0 Å². The molecule has 0 aliphatic heterocycles. The van der Waals surface area contributed by atoms with Crippen LogP contribution < -0.4 is 5.32 Å². The molecular weight excluding hydrogens is 218 g/mol. The van der Waals surface area contributed by atoms with Crippen LogP contribution in [0.1, 0.15) is 36.3 Å². The first-order valence-corrected chi connectivity index (χ1v) is 6.54. The highest BCUT2D eigenvalue weighted by atomic mass is 32.1. The van der Waals surface area contributed by atoms with Gasteiger partial charge in [-0.2, -0.15) is 11.3 Å². The van der Waals surface area contributed by atoms with Crippen LogP contribution >= 0.6 is 11.3 Å². The lowest BCUT2D eigenvalue weighted by atomic mass is 10.1. The van der Waals surface area contributed by atoms with E-state index in [2.05, 4.69) is 29.9 Å². The first-order chi connectivity index (χ1) is 7.81. The summed E-state index contributed by atoms with van der Waals surface area (Å²) in [5.74, 6) is 1.02. The van der Waals surface area contributed by atoms with Gasteiger partial charge in [-0.1, -0.05) is 6.92 Å². The zero-order valence-corrected chi connectivity index (χ0v) is 10.5. The smallest absolute Gasteiger partial charge is 0.120 e. The molecule has 0 aliphatic carbocycles. The Morgan fingerprint density at radius 3 is 2.88 bits per heavy atom. The number of furan rings is 1. The number of nitrogens with one attached hydrogen (secondary N) is 1. The molecule has 0 saturated carbocycles. The van der Waals surface area contributed by atoms with Gasteiger partial charge in [0.25, 0.3) is 0 Å². The van der Waals surface area contributed by atoms with E-state index in [1.54, 1.807) is 17.6 Å². The van der Waals surface area contributed by atoms with Crippen LogP contribution in [0, 0.1) is 6.92 Å². The van der Waals surface area contributed by atoms with Gasteiger partial charge < -0.3 is 9.73 Å². The second-order valence-electron chi connectivity index (χ2n) is 3.94. The lowest BCUT2D eigenvalue weighted by Gasteiger charge is -2.14. The summed E-state index contributed by atoms with van der Waals surface area (Å²) >= 11 is 1.76. The summed E-state index contributed by atoms with van der Waals surface area (Å²) in [5, 5.41) is 7.92. The van der Waals surface area contributed by atoms with Crippen molar-refractivity contribution in [3.8, 4) is 0 Å². The van der Waals surface area contributed by atoms with E-state index in [0.29, 0.717) is 6.04 Å². The monoisotopic (exact) mass is 235 g/mol. The third-order valence-corrected chi connectivity index (χ3v) is 3.71. The average Bonchev–Trinajstić information content (AvgIpc) is 2.92. The maximum Gasteiger partial charge on any atom is 0.120 e. The molecule has 2 nitrogen and oxygen atoms in total. The summed E-state index contributed by atoms with van der Waals surface area (Å²) in [6.07, 6.45) is 2.77. The summed E-state index contributed by atoms with van der Waals surface area (Å²) in [5.41, 5.74) is 2.75. The van der Waals surface area contributed by atoms with Gasteiger partial charge in [0.2, 0.25) is 0 Å². The molecule has 2 heterocycles. The quantitative estimate of drug-likeness (QED) is 0.850. The van der Waals surface area contributed by atoms with Crippen molar-refractivity contribution in [3.05, 3.63) is 46.0 Å². The average molecular weight is 235 g/mol. The Kier molecular flexibility index (Phi) is 3.80. The Bertz CT molecular complexity index is 419. The summed E-state index contributed by atoms with van der Waals surface area (Å²) in [6, 6.07) is 4.28. The third kappa shape index (κ3) is 2.54. The van der Waals surface area contributed by atoms with Gasteiger partial charge in [0.05, 0.1) is 12.3 Å². The van der Waals surface area contributed by atoms with Crippen LogP contribution in [0.2, 0.25) is 0 Å². The van der Waals surface area contributed by atoms with E-state index >= 15 is 0 Å². The van der Waals surface area contributed by atoms with Gasteiger partial charge in [0, 0.05) is 6.54 Å². The topological polar surface area (TPSA) is 25.2 Å². The van der Waals surface area contributed by atoms with E-state index in [9.17, 15) is 0 Å². The standard InChI is InChI=1S/C13H17NOS/c1-3-12(13-5-4-6-15-13)14-7-11-9-16-8-10(11)2/h4-6,8-9,12,14H,3,7H2,1-2H3. The maximum atomic E-state index is 5.43. The summed E-state index contributed by atoms with van der Waals surface area (Å²) < 4.78 is 5.43. The molecular formula is C13H17NOS. The predicted molar refractivity (Wildman–Crippen MR) is 67.6 cm³/mol. The van der Waals surface area contributed by atoms with Crippen molar-refractivity contribution in [1.29, 1.82) is 0 Å². The van der Waals surface area contributed by atoms with Crippen LogP contribution in [0.3, 0.4) is 0 Å². The van der Waals surface area contributed by atoms with Gasteiger partial charge in [-0.3, -0.25) is 0 Å². The van der Waals surface area contributed by atoms with Crippen LogP contribution in [0.25, 0.3) is 0 Å². The predicted octanol–water partition coefficient (Wildman–Crippen LogP) is 3.89. The molecule has 0 saturated heterocycles. The van der Waals surface area contributed by atoms with Gasteiger partial charge in [0.15, 0.2) is 0 Å². The molecule has 0 aliphatic rings. The Hall–Kier alpha value is -1.06. The molecule has 2 aromatic heterocycles. The zero-order chi connectivity index (χ0) is 11.4. The number of rotatable bonds is 5. The van der Waals surface area contributed by atoms with Crippen LogP contribution in [0.15, 0.2) is 33.6 Å². The Balaban J connectivity index is 1.96. The van der Waals surface area contributed by atoms with Crippen molar-refractivity contribution in [2.45, 2.75) is 32.9 Å². The number of aryl methyl sites for hydroxylation is 1. The van der Waals surface area contributed by atoms with Crippen LogP contribution in [-0.2, 0) is 6.54 Å². The molecule has 0 radical (unpaired) electrons. The fourth-order valence-corrected chi connectivity index (χ4v) is 2.59. The number of hydrogen-bond donors (Lipinski definition) is 1. The van der Waals surface area contributed by atoms with Crippen molar-refractivity contribution < 1.29 is 4.42 Å². The Morgan fingerprint density at radius 2 is 2.31 bits per heavy atom. The van der Waals surface area contributed by atoms with Crippen molar-refractivity contribution >= 4 is 11.3 Å². The highest BCUT2D eigenvalue weighted by Gasteiger charge is 2.11. The molecule has 0 spiro atoms. The van der Waals surface area contributed by atoms with E-state index in [4.69, 9.17) is 4.42 Å². The number of thiophene rings is 1. The molecule has 2 aromatic rings. The van der Waals surface area contributed by atoms with E-state index in [0.717, 1.165) is 18.7 Å². The van der Waals surface area contributed by atoms with Crippen molar-refractivity contribution in [3.63, 3.8) is 0 Å². The molecule has 86 valence electrons. The third-order valence-electron chi connectivity index (χ3n) is 2.80. The van der Waals surface area contributed by atoms with E-state index < -0.39 is 0 Å². The lowest BCUT2D eigenvalue weighted by Crippen LogP contribution is -2.19. The van der Waals surface area contributed by atoms with Gasteiger partial charge in [0.1, 0.15) is 5.76 Å². The van der Waals surface area contributed by atoms with Crippen LogP contribution in [0.4, 0.5) is 0 Å². The minimum absolute atomic E-state index is 0.314. The minimum Gasteiger partial charge on any atom is -0.468 e. The summed E-state index contributed by atoms with van der Waals surface area (Å²) in [4.78, 5) is 0. The molecule has 0 aromatic carbocycles. The molecule has 0 fully saturated rings. The van der Waals surface area contributed by atoms with Gasteiger partial charge in [-0.25, -0.2) is 0 Å². The van der Waals surface area contributed by atoms with Crippen molar-refractivity contribution in [1.82, 2.24) is 5.32 Å². The van der Waals surface area contributed by atoms with E-state index in [1.165, 1.54) is 11.1 Å². The first kappa shape index (κ1) is 11.4. The Morgan fingerprint density at radius 1 is 1.44 bits per heavy atom.